The third-order valence-corrected chi connectivity index (χ3v) is 4.22. The number of nitrogen functional groups attached to an aromatic ring is 1. The zero-order valence-corrected chi connectivity index (χ0v) is 16.3. The maximum absolute atomic E-state index is 12.8. The lowest BCUT2D eigenvalue weighted by Crippen LogP contribution is -2.29. The van der Waals surface area contributed by atoms with Gasteiger partial charge in [0.25, 0.3) is 10.1 Å². The highest BCUT2D eigenvalue weighted by atomic mass is 32.2. The largest absolute Gasteiger partial charge is 0.465 e. The molecule has 0 atom stereocenters. The lowest BCUT2D eigenvalue weighted by atomic mass is 10.2. The van der Waals surface area contributed by atoms with Crippen LogP contribution in [0, 0.1) is 5.82 Å². The minimum absolute atomic E-state index is 0.133. The molecule has 1 aromatic carbocycles. The molecule has 1 heterocycles. The molecule has 28 heavy (non-hydrogen) atoms. The quantitative estimate of drug-likeness (QED) is 0.528. The van der Waals surface area contributed by atoms with Crippen molar-refractivity contribution in [3.8, 4) is 0 Å². The molecule has 0 aliphatic carbocycles. The highest BCUT2D eigenvalue weighted by Gasteiger charge is 2.15. The number of nitrogens with zero attached hydrogens (tertiary/aromatic N) is 2. The summed E-state index contributed by atoms with van der Waals surface area (Å²) in [5, 5.41) is 12.1. The highest BCUT2D eigenvalue weighted by Crippen LogP contribution is 2.23. The van der Waals surface area contributed by atoms with Crippen LogP contribution in [0.25, 0.3) is 0 Å². The van der Waals surface area contributed by atoms with Crippen molar-refractivity contribution in [1.82, 2.24) is 4.98 Å². The van der Waals surface area contributed by atoms with Gasteiger partial charge in [-0.15, -0.1) is 0 Å². The zero-order valence-electron chi connectivity index (χ0n) is 15.5. The molecule has 2 rings (SSSR count). The fraction of sp³-hybridized carbons (Fsp3) is 0.294. The van der Waals surface area contributed by atoms with Crippen LogP contribution in [0.4, 0.5) is 26.5 Å². The molecular formula is C17H23FN4O5S. The Balaban J connectivity index is 0.000000568. The molecule has 1 amide bonds. The molecule has 5 N–H and O–H groups in total. The SMILES string of the molecule is CCN(C(=O)O)c1ccc(NCc2ccc(F)cc2)nc1N.CCS(=O)(=O)O. The Hall–Kier alpha value is -2.92. The number of carbonyl (C=O) groups is 1. The van der Waals surface area contributed by atoms with Crippen LogP contribution < -0.4 is 16.0 Å². The van der Waals surface area contributed by atoms with Crippen LogP contribution in [0.15, 0.2) is 36.4 Å². The molecule has 0 fully saturated rings. The number of anilines is 3. The van der Waals surface area contributed by atoms with E-state index in [2.05, 4.69) is 10.3 Å². The van der Waals surface area contributed by atoms with Gasteiger partial charge in [-0.25, -0.2) is 14.2 Å². The number of halogens is 1. The number of aromatic nitrogens is 1. The molecule has 0 aliphatic heterocycles. The van der Waals surface area contributed by atoms with Crippen LogP contribution >= 0.6 is 0 Å². The Morgan fingerprint density at radius 3 is 2.21 bits per heavy atom. The van der Waals surface area contributed by atoms with Crippen LogP contribution in [-0.2, 0) is 16.7 Å². The molecule has 2 aromatic rings. The summed E-state index contributed by atoms with van der Waals surface area (Å²) in [6.07, 6.45) is -1.08. The standard InChI is InChI=1S/C15H17FN4O2.C2H6O3S/c1-2-20(15(21)22)12-7-8-13(19-14(12)17)18-9-10-3-5-11(16)6-4-10;1-2-6(3,4)5/h3-8H,2,9H2,1H3,(H,21,22)(H3,17,18,19);2H2,1H3,(H,3,4,5). The molecule has 11 heteroatoms. The first-order valence-electron chi connectivity index (χ1n) is 8.27. The zero-order chi connectivity index (χ0) is 21.3. The maximum atomic E-state index is 12.8. The van der Waals surface area contributed by atoms with E-state index in [0.717, 1.165) is 10.5 Å². The lowest BCUT2D eigenvalue weighted by molar-refractivity contribution is 0.202. The maximum Gasteiger partial charge on any atom is 0.411 e. The predicted octanol–water partition coefficient (Wildman–Crippen LogP) is 2.81. The minimum atomic E-state index is -3.66. The van der Waals surface area contributed by atoms with Crippen LogP contribution in [-0.4, -0.2) is 41.5 Å². The number of hydrogen-bond acceptors (Lipinski definition) is 6. The molecular weight excluding hydrogens is 391 g/mol. The molecule has 9 nitrogen and oxygen atoms in total. The van der Waals surface area contributed by atoms with E-state index in [1.165, 1.54) is 19.1 Å². The second-order valence-corrected chi connectivity index (χ2v) is 7.22. The first kappa shape index (κ1) is 23.1. The molecule has 0 aliphatic rings. The fourth-order valence-corrected chi connectivity index (χ4v) is 2.00. The monoisotopic (exact) mass is 414 g/mol. The van der Waals surface area contributed by atoms with E-state index >= 15 is 0 Å². The Kier molecular flexibility index (Phi) is 8.61. The van der Waals surface area contributed by atoms with Gasteiger partial charge >= 0.3 is 6.09 Å². The third-order valence-electron chi connectivity index (χ3n) is 3.49. The average Bonchev–Trinajstić information content (AvgIpc) is 2.63. The van der Waals surface area contributed by atoms with Crippen molar-refractivity contribution in [2.75, 3.05) is 28.2 Å². The summed E-state index contributed by atoms with van der Waals surface area (Å²) in [6, 6.07) is 9.36. The second kappa shape index (κ2) is 10.4. The average molecular weight is 414 g/mol. The molecule has 0 spiro atoms. The van der Waals surface area contributed by atoms with Crippen molar-refractivity contribution < 1.29 is 27.3 Å². The van der Waals surface area contributed by atoms with Crippen LogP contribution in [0.1, 0.15) is 19.4 Å². The van der Waals surface area contributed by atoms with E-state index in [1.807, 2.05) is 0 Å². The van der Waals surface area contributed by atoms with Gasteiger partial charge in [0.15, 0.2) is 0 Å². The number of amides is 1. The van der Waals surface area contributed by atoms with Crippen LogP contribution in [0.3, 0.4) is 0 Å². The smallest absolute Gasteiger partial charge is 0.411 e. The van der Waals surface area contributed by atoms with Crippen molar-refractivity contribution in [2.45, 2.75) is 20.4 Å². The molecule has 0 unspecified atom stereocenters. The summed E-state index contributed by atoms with van der Waals surface area (Å²) < 4.78 is 39.7. The Labute approximate surface area is 162 Å². The Morgan fingerprint density at radius 1 is 1.21 bits per heavy atom. The van der Waals surface area contributed by atoms with E-state index in [1.54, 1.807) is 31.2 Å². The molecule has 0 saturated heterocycles. The first-order chi connectivity index (χ1) is 13.1. The predicted molar refractivity (Wildman–Crippen MR) is 106 cm³/mol. The minimum Gasteiger partial charge on any atom is -0.465 e. The van der Waals surface area contributed by atoms with Gasteiger partial charge in [0.1, 0.15) is 17.5 Å². The summed E-state index contributed by atoms with van der Waals surface area (Å²) in [5.41, 5.74) is 7.06. The van der Waals surface area contributed by atoms with Crippen molar-refractivity contribution in [3.05, 3.63) is 47.8 Å². The Morgan fingerprint density at radius 2 is 1.79 bits per heavy atom. The summed E-state index contributed by atoms with van der Waals surface area (Å²) in [6.45, 7) is 3.83. The van der Waals surface area contributed by atoms with Crippen molar-refractivity contribution in [3.63, 3.8) is 0 Å². The highest BCUT2D eigenvalue weighted by molar-refractivity contribution is 7.85. The van der Waals surface area contributed by atoms with Crippen molar-refractivity contribution in [2.24, 2.45) is 0 Å². The van der Waals surface area contributed by atoms with E-state index < -0.39 is 16.2 Å². The van der Waals surface area contributed by atoms with Crippen molar-refractivity contribution >= 4 is 33.5 Å². The van der Waals surface area contributed by atoms with Crippen LogP contribution in [0.2, 0.25) is 0 Å². The van der Waals surface area contributed by atoms with Gasteiger partial charge in [0.05, 0.1) is 11.4 Å². The van der Waals surface area contributed by atoms with E-state index in [0.29, 0.717) is 18.1 Å². The second-order valence-electron chi connectivity index (χ2n) is 5.48. The number of nitrogens with two attached hydrogens (primary N) is 1. The molecule has 0 saturated carbocycles. The first-order valence-corrected chi connectivity index (χ1v) is 9.88. The van der Waals surface area contributed by atoms with E-state index in [9.17, 15) is 17.6 Å². The summed E-state index contributed by atoms with van der Waals surface area (Å²) in [5.74, 6) is 0.164. The van der Waals surface area contributed by atoms with Gasteiger partial charge in [-0.1, -0.05) is 12.1 Å². The number of benzene rings is 1. The van der Waals surface area contributed by atoms with Crippen molar-refractivity contribution in [1.29, 1.82) is 0 Å². The molecule has 0 bridgehead atoms. The number of nitrogens with one attached hydrogen (secondary N) is 1. The van der Waals surface area contributed by atoms with Gasteiger partial charge in [-0.2, -0.15) is 8.42 Å². The van der Waals surface area contributed by atoms with Crippen LogP contribution in [0.5, 0.6) is 0 Å². The number of carboxylic acid groups (broad SMARTS) is 1. The number of pyridine rings is 1. The molecule has 154 valence electrons. The summed E-state index contributed by atoms with van der Waals surface area (Å²) in [4.78, 5) is 16.4. The van der Waals surface area contributed by atoms with Gasteiger partial charge in [-0.3, -0.25) is 9.45 Å². The summed E-state index contributed by atoms with van der Waals surface area (Å²) in [7, 11) is -3.66. The normalized spacial score (nSPS) is 10.6. The number of hydrogen-bond donors (Lipinski definition) is 4. The van der Waals surface area contributed by atoms with E-state index in [-0.39, 0.29) is 23.9 Å². The van der Waals surface area contributed by atoms with Gasteiger partial charge in [0, 0.05) is 13.1 Å². The topological polar surface area (TPSA) is 146 Å². The van der Waals surface area contributed by atoms with E-state index in [4.69, 9.17) is 15.4 Å². The lowest BCUT2D eigenvalue weighted by Gasteiger charge is -2.19. The number of rotatable bonds is 6. The summed E-state index contributed by atoms with van der Waals surface area (Å²) >= 11 is 0. The Bertz CT molecular complexity index is 891. The molecule has 1 aromatic heterocycles. The van der Waals surface area contributed by atoms with Gasteiger partial charge < -0.3 is 16.2 Å². The van der Waals surface area contributed by atoms with Gasteiger partial charge in [0.2, 0.25) is 0 Å². The fourth-order valence-electron chi connectivity index (χ4n) is 2.00. The molecule has 0 radical (unpaired) electrons. The van der Waals surface area contributed by atoms with Gasteiger partial charge in [-0.05, 0) is 43.7 Å². The third kappa shape index (κ3) is 7.76.